The molecule has 2 aromatic rings. The number of hydrogen-bond donors (Lipinski definition) is 1. The minimum absolute atomic E-state index is 0.0230. The number of nitrogens with zero attached hydrogens (tertiary/aromatic N) is 2. The van der Waals surface area contributed by atoms with E-state index >= 15 is 0 Å². The van der Waals surface area contributed by atoms with Crippen LogP contribution in [0.3, 0.4) is 0 Å². The lowest BCUT2D eigenvalue weighted by atomic mass is 9.95. The van der Waals surface area contributed by atoms with Gasteiger partial charge >= 0.3 is 6.61 Å². The molecule has 1 fully saturated rings. The highest BCUT2D eigenvalue weighted by atomic mass is 19.3. The minimum atomic E-state index is -3.07. The van der Waals surface area contributed by atoms with Gasteiger partial charge in [-0.15, -0.1) is 0 Å². The second-order valence-corrected chi connectivity index (χ2v) is 7.06. The number of carbonyl (C=O) groups is 2. The molecule has 0 aliphatic carbocycles. The summed E-state index contributed by atoms with van der Waals surface area (Å²) in [5, 5.41) is 11.9. The average Bonchev–Trinajstić information content (AvgIpc) is 2.77. The number of benzene rings is 2. The fourth-order valence-corrected chi connectivity index (χ4v) is 3.54. The SMILES string of the molecule is N#CC(NC(=O)C1CCCN(C(=O)c2ccccc2OC(F)F)C1)c1ccccc1F. The largest absolute Gasteiger partial charge is 0.434 e. The van der Waals surface area contributed by atoms with Gasteiger partial charge in [-0.3, -0.25) is 9.59 Å². The highest BCUT2D eigenvalue weighted by molar-refractivity contribution is 5.97. The van der Waals surface area contributed by atoms with Crippen molar-refractivity contribution in [3.05, 3.63) is 65.5 Å². The topological polar surface area (TPSA) is 82.4 Å². The van der Waals surface area contributed by atoms with Gasteiger partial charge in [-0.1, -0.05) is 30.3 Å². The Kier molecular flexibility index (Phi) is 7.13. The second kappa shape index (κ2) is 9.98. The number of nitriles is 1. The van der Waals surface area contributed by atoms with Crippen molar-refractivity contribution in [1.82, 2.24) is 10.2 Å². The molecule has 9 heteroatoms. The molecule has 2 unspecified atom stereocenters. The molecule has 0 bridgehead atoms. The van der Waals surface area contributed by atoms with E-state index in [-0.39, 0.29) is 23.4 Å². The number of carbonyl (C=O) groups excluding carboxylic acids is 2. The third kappa shape index (κ3) is 5.34. The first-order valence-electron chi connectivity index (χ1n) is 9.68. The number of piperidine rings is 1. The Morgan fingerprint density at radius 3 is 2.58 bits per heavy atom. The molecule has 0 spiro atoms. The van der Waals surface area contributed by atoms with Gasteiger partial charge in [-0.2, -0.15) is 14.0 Å². The van der Waals surface area contributed by atoms with Crippen molar-refractivity contribution >= 4 is 11.8 Å². The molecule has 0 radical (unpaired) electrons. The zero-order valence-electron chi connectivity index (χ0n) is 16.4. The van der Waals surface area contributed by atoms with Crippen molar-refractivity contribution in [1.29, 1.82) is 5.26 Å². The van der Waals surface area contributed by atoms with Crippen LogP contribution in [0.5, 0.6) is 5.75 Å². The number of hydrogen-bond acceptors (Lipinski definition) is 4. The van der Waals surface area contributed by atoms with Gasteiger partial charge in [-0.25, -0.2) is 4.39 Å². The van der Waals surface area contributed by atoms with Gasteiger partial charge < -0.3 is 15.0 Å². The lowest BCUT2D eigenvalue weighted by Crippen LogP contribution is -2.46. The van der Waals surface area contributed by atoms with E-state index in [1.165, 1.54) is 47.4 Å². The third-order valence-corrected chi connectivity index (χ3v) is 5.04. The normalized spacial score (nSPS) is 17.0. The van der Waals surface area contributed by atoms with Crippen molar-refractivity contribution in [3.8, 4) is 11.8 Å². The Morgan fingerprint density at radius 1 is 1.16 bits per heavy atom. The summed E-state index contributed by atoms with van der Waals surface area (Å²) in [5.74, 6) is -2.48. The molecule has 1 saturated heterocycles. The number of amides is 2. The summed E-state index contributed by atoms with van der Waals surface area (Å²) in [6, 6.07) is 12.0. The van der Waals surface area contributed by atoms with Crippen LogP contribution in [0, 0.1) is 23.1 Å². The van der Waals surface area contributed by atoms with E-state index in [0.29, 0.717) is 19.4 Å². The van der Waals surface area contributed by atoms with Crippen LogP contribution in [0.1, 0.15) is 34.8 Å². The maximum atomic E-state index is 14.0. The lowest BCUT2D eigenvalue weighted by Gasteiger charge is -2.32. The number of rotatable bonds is 6. The van der Waals surface area contributed by atoms with Crippen LogP contribution in [0.25, 0.3) is 0 Å². The molecule has 1 N–H and O–H groups in total. The Bertz CT molecular complexity index is 993. The van der Waals surface area contributed by atoms with Gasteiger partial charge in [0.2, 0.25) is 5.91 Å². The molecule has 0 saturated carbocycles. The number of ether oxygens (including phenoxy) is 1. The van der Waals surface area contributed by atoms with E-state index in [9.17, 15) is 28.0 Å². The standard InChI is InChI=1S/C22H20F3N3O3/c23-17-9-3-1-7-15(17)18(12-26)27-20(29)14-6-5-11-28(13-14)21(30)16-8-2-4-10-19(16)31-22(24)25/h1-4,7-10,14,18,22H,5-6,11,13H2,(H,27,29). The summed E-state index contributed by atoms with van der Waals surface area (Å²) >= 11 is 0. The predicted octanol–water partition coefficient (Wildman–Crippen LogP) is 3.66. The van der Waals surface area contributed by atoms with Crippen LogP contribution >= 0.6 is 0 Å². The number of nitrogens with one attached hydrogen (secondary N) is 1. The van der Waals surface area contributed by atoms with E-state index in [4.69, 9.17) is 0 Å². The molecular formula is C22H20F3N3O3. The molecule has 1 heterocycles. The van der Waals surface area contributed by atoms with Crippen molar-refractivity contribution in [2.24, 2.45) is 5.92 Å². The van der Waals surface area contributed by atoms with Gasteiger partial charge in [0.15, 0.2) is 0 Å². The number of halogens is 3. The lowest BCUT2D eigenvalue weighted by molar-refractivity contribution is -0.126. The molecular weight excluding hydrogens is 411 g/mol. The van der Waals surface area contributed by atoms with Crippen LogP contribution < -0.4 is 10.1 Å². The summed E-state index contributed by atoms with van der Waals surface area (Å²) in [6.45, 7) is -2.68. The van der Waals surface area contributed by atoms with E-state index in [2.05, 4.69) is 10.1 Å². The predicted molar refractivity (Wildman–Crippen MR) is 105 cm³/mol. The zero-order chi connectivity index (χ0) is 22.4. The molecule has 6 nitrogen and oxygen atoms in total. The maximum Gasteiger partial charge on any atom is 0.387 e. The van der Waals surface area contributed by atoms with Crippen LogP contribution in [-0.2, 0) is 4.79 Å². The molecule has 2 amide bonds. The van der Waals surface area contributed by atoms with Crippen molar-refractivity contribution in [3.63, 3.8) is 0 Å². The summed E-state index contributed by atoms with van der Waals surface area (Å²) in [6.07, 6.45) is 0.985. The Balaban J connectivity index is 1.70. The first-order valence-corrected chi connectivity index (χ1v) is 9.68. The summed E-state index contributed by atoms with van der Waals surface area (Å²) in [4.78, 5) is 27.0. The molecule has 162 valence electrons. The molecule has 3 rings (SSSR count). The highest BCUT2D eigenvalue weighted by Gasteiger charge is 2.31. The second-order valence-electron chi connectivity index (χ2n) is 7.06. The van der Waals surface area contributed by atoms with Crippen LogP contribution in [-0.4, -0.2) is 36.4 Å². The smallest absolute Gasteiger partial charge is 0.387 e. The Labute approximate surface area is 177 Å². The monoisotopic (exact) mass is 431 g/mol. The van der Waals surface area contributed by atoms with E-state index in [1.54, 1.807) is 6.07 Å². The van der Waals surface area contributed by atoms with E-state index < -0.39 is 36.2 Å². The number of para-hydroxylation sites is 1. The van der Waals surface area contributed by atoms with Crippen molar-refractivity contribution in [2.45, 2.75) is 25.5 Å². The molecule has 1 aliphatic heterocycles. The zero-order valence-corrected chi connectivity index (χ0v) is 16.4. The minimum Gasteiger partial charge on any atom is -0.434 e. The third-order valence-electron chi connectivity index (χ3n) is 5.04. The van der Waals surface area contributed by atoms with E-state index in [0.717, 1.165) is 0 Å². The molecule has 1 aliphatic rings. The van der Waals surface area contributed by atoms with Crippen LogP contribution in [0.4, 0.5) is 13.2 Å². The van der Waals surface area contributed by atoms with E-state index in [1.807, 2.05) is 6.07 Å². The van der Waals surface area contributed by atoms with Crippen LogP contribution in [0.2, 0.25) is 0 Å². The Morgan fingerprint density at radius 2 is 1.87 bits per heavy atom. The first-order chi connectivity index (χ1) is 14.9. The summed E-state index contributed by atoms with van der Waals surface area (Å²) in [7, 11) is 0. The van der Waals surface area contributed by atoms with Gasteiger partial charge in [0, 0.05) is 18.7 Å². The van der Waals surface area contributed by atoms with Gasteiger partial charge in [0.25, 0.3) is 5.91 Å². The molecule has 31 heavy (non-hydrogen) atoms. The van der Waals surface area contributed by atoms with Gasteiger partial charge in [0.05, 0.1) is 17.6 Å². The number of alkyl halides is 2. The fraction of sp³-hybridized carbons (Fsp3) is 0.318. The molecule has 0 aromatic heterocycles. The highest BCUT2D eigenvalue weighted by Crippen LogP contribution is 2.26. The first kappa shape index (κ1) is 22.2. The van der Waals surface area contributed by atoms with Crippen molar-refractivity contribution < 1.29 is 27.5 Å². The summed E-state index contributed by atoms with van der Waals surface area (Å²) < 4.78 is 43.7. The summed E-state index contributed by atoms with van der Waals surface area (Å²) in [5.41, 5.74) is 0.0327. The van der Waals surface area contributed by atoms with Gasteiger partial charge in [-0.05, 0) is 31.0 Å². The number of likely N-dealkylation sites (tertiary alicyclic amines) is 1. The molecule has 2 atom stereocenters. The average molecular weight is 431 g/mol. The fourth-order valence-electron chi connectivity index (χ4n) is 3.54. The Hall–Kier alpha value is -3.54. The van der Waals surface area contributed by atoms with Gasteiger partial charge in [0.1, 0.15) is 17.6 Å². The van der Waals surface area contributed by atoms with Crippen molar-refractivity contribution in [2.75, 3.05) is 13.1 Å². The molecule has 2 aromatic carbocycles. The van der Waals surface area contributed by atoms with Crippen LogP contribution in [0.15, 0.2) is 48.5 Å². The quantitative estimate of drug-likeness (QED) is 0.757. The maximum absolute atomic E-state index is 14.0.